The van der Waals surface area contributed by atoms with Crippen LogP contribution in [0.4, 0.5) is 0 Å². The number of aryl methyl sites for hydroxylation is 1. The predicted molar refractivity (Wildman–Crippen MR) is 88.3 cm³/mol. The minimum atomic E-state index is -0.441. The maximum Gasteiger partial charge on any atom is 0.203 e. The van der Waals surface area contributed by atoms with Gasteiger partial charge < -0.3 is 19.3 Å². The zero-order chi connectivity index (χ0) is 15.9. The number of benzene rings is 1. The molecule has 0 radical (unpaired) electrons. The van der Waals surface area contributed by atoms with Crippen LogP contribution in [0.5, 0.6) is 17.2 Å². The Morgan fingerprint density at radius 2 is 1.86 bits per heavy atom. The van der Waals surface area contributed by atoms with E-state index in [0.29, 0.717) is 30.3 Å². The summed E-state index contributed by atoms with van der Waals surface area (Å²) in [4.78, 5) is 0.991. The first-order valence-electron chi connectivity index (χ1n) is 7.28. The van der Waals surface area contributed by atoms with Crippen molar-refractivity contribution < 1.29 is 19.3 Å². The van der Waals surface area contributed by atoms with Gasteiger partial charge in [0.05, 0.1) is 26.9 Å². The summed E-state index contributed by atoms with van der Waals surface area (Å²) in [5, 5.41) is 12.2. The minimum absolute atomic E-state index is 0.441. The molecule has 0 spiro atoms. The van der Waals surface area contributed by atoms with E-state index in [1.54, 1.807) is 25.6 Å². The van der Waals surface area contributed by atoms with E-state index >= 15 is 0 Å². The highest BCUT2D eigenvalue weighted by Crippen LogP contribution is 2.39. The van der Waals surface area contributed by atoms with E-state index in [2.05, 4.69) is 0 Å². The van der Waals surface area contributed by atoms with E-state index in [1.165, 1.54) is 0 Å². The number of hydrogen-bond donors (Lipinski definition) is 1. The predicted octanol–water partition coefficient (Wildman–Crippen LogP) is 3.83. The molecule has 1 aromatic carbocycles. The number of hydrogen-bond acceptors (Lipinski definition) is 5. The zero-order valence-electron chi connectivity index (χ0n) is 13.2. The molecule has 0 aliphatic heterocycles. The third kappa shape index (κ3) is 3.93. The molecule has 0 amide bonds. The molecule has 1 unspecified atom stereocenters. The third-order valence-electron chi connectivity index (χ3n) is 3.39. The highest BCUT2D eigenvalue weighted by molar-refractivity contribution is 7.10. The lowest BCUT2D eigenvalue weighted by molar-refractivity contribution is 0.171. The Morgan fingerprint density at radius 1 is 1.18 bits per heavy atom. The Hall–Kier alpha value is -1.72. The number of rotatable bonds is 8. The molecule has 1 aromatic heterocycles. The number of aliphatic hydroxyl groups is 1. The Balaban J connectivity index is 2.13. The standard InChI is InChI=1S/C17H22O4S/c1-4-21-17-14(19-2)10-12(11-15(17)20-3)7-8-13(18)16-6-5-9-22-16/h5-6,9-11,13,18H,4,7-8H2,1-3H3. The summed E-state index contributed by atoms with van der Waals surface area (Å²) in [5.74, 6) is 1.93. The van der Waals surface area contributed by atoms with Crippen molar-refractivity contribution in [1.29, 1.82) is 0 Å². The lowest BCUT2D eigenvalue weighted by Gasteiger charge is -2.16. The molecule has 120 valence electrons. The second-order valence-electron chi connectivity index (χ2n) is 4.83. The fourth-order valence-corrected chi connectivity index (χ4v) is 3.04. The van der Waals surface area contributed by atoms with Crippen molar-refractivity contribution >= 4 is 11.3 Å². The van der Waals surface area contributed by atoms with Gasteiger partial charge in [-0.3, -0.25) is 0 Å². The van der Waals surface area contributed by atoms with Gasteiger partial charge in [0, 0.05) is 4.88 Å². The van der Waals surface area contributed by atoms with Crippen molar-refractivity contribution in [3.63, 3.8) is 0 Å². The Labute approximate surface area is 135 Å². The monoisotopic (exact) mass is 322 g/mol. The molecule has 0 aliphatic carbocycles. The van der Waals surface area contributed by atoms with E-state index in [4.69, 9.17) is 14.2 Å². The van der Waals surface area contributed by atoms with Gasteiger partial charge in [-0.1, -0.05) is 6.07 Å². The molecule has 5 heteroatoms. The van der Waals surface area contributed by atoms with Crippen molar-refractivity contribution in [1.82, 2.24) is 0 Å². The van der Waals surface area contributed by atoms with E-state index in [9.17, 15) is 5.11 Å². The van der Waals surface area contributed by atoms with E-state index < -0.39 is 6.10 Å². The Morgan fingerprint density at radius 3 is 2.36 bits per heavy atom. The summed E-state index contributed by atoms with van der Waals surface area (Å²) in [5.41, 5.74) is 1.05. The average Bonchev–Trinajstić information content (AvgIpc) is 3.07. The summed E-state index contributed by atoms with van der Waals surface area (Å²) in [6.45, 7) is 2.47. The van der Waals surface area contributed by atoms with Gasteiger partial charge >= 0.3 is 0 Å². The van der Waals surface area contributed by atoms with Crippen LogP contribution in [0.1, 0.15) is 29.9 Å². The summed E-state index contributed by atoms with van der Waals surface area (Å²) >= 11 is 1.57. The largest absolute Gasteiger partial charge is 0.493 e. The van der Waals surface area contributed by atoms with Crippen LogP contribution >= 0.6 is 11.3 Å². The van der Waals surface area contributed by atoms with E-state index in [0.717, 1.165) is 16.9 Å². The van der Waals surface area contributed by atoms with Crippen LogP contribution in [0.25, 0.3) is 0 Å². The van der Waals surface area contributed by atoms with Gasteiger partial charge in [0.2, 0.25) is 5.75 Å². The van der Waals surface area contributed by atoms with Crippen LogP contribution in [0.3, 0.4) is 0 Å². The molecule has 2 aromatic rings. The second-order valence-corrected chi connectivity index (χ2v) is 5.81. The van der Waals surface area contributed by atoms with Gasteiger partial charge in [-0.2, -0.15) is 0 Å². The molecule has 22 heavy (non-hydrogen) atoms. The van der Waals surface area contributed by atoms with Crippen LogP contribution < -0.4 is 14.2 Å². The van der Waals surface area contributed by atoms with Crippen LogP contribution in [0, 0.1) is 0 Å². The quantitative estimate of drug-likeness (QED) is 0.802. The van der Waals surface area contributed by atoms with Crippen LogP contribution in [0.2, 0.25) is 0 Å². The summed E-state index contributed by atoms with van der Waals surface area (Å²) in [6, 6.07) is 7.78. The lowest BCUT2D eigenvalue weighted by atomic mass is 10.0. The molecule has 0 bridgehead atoms. The average molecular weight is 322 g/mol. The molecule has 0 saturated carbocycles. The number of aliphatic hydroxyl groups excluding tert-OH is 1. The van der Waals surface area contributed by atoms with Crippen molar-refractivity contribution in [2.75, 3.05) is 20.8 Å². The molecule has 2 rings (SSSR count). The number of ether oxygens (including phenoxy) is 3. The first-order chi connectivity index (χ1) is 10.7. The Bertz CT molecular complexity index is 555. The molecular weight excluding hydrogens is 300 g/mol. The van der Waals surface area contributed by atoms with Gasteiger partial charge in [0.25, 0.3) is 0 Å². The smallest absolute Gasteiger partial charge is 0.203 e. The SMILES string of the molecule is CCOc1c(OC)cc(CCC(O)c2cccs2)cc1OC. The summed E-state index contributed by atoms with van der Waals surface area (Å²) < 4.78 is 16.4. The highest BCUT2D eigenvalue weighted by Gasteiger charge is 2.15. The normalized spacial score (nSPS) is 12.0. The van der Waals surface area contributed by atoms with E-state index in [1.807, 2.05) is 36.6 Å². The molecule has 1 atom stereocenters. The molecule has 1 heterocycles. The van der Waals surface area contributed by atoms with Crippen molar-refractivity contribution in [3.8, 4) is 17.2 Å². The third-order valence-corrected chi connectivity index (χ3v) is 4.36. The van der Waals surface area contributed by atoms with Gasteiger partial charge in [-0.15, -0.1) is 11.3 Å². The van der Waals surface area contributed by atoms with E-state index in [-0.39, 0.29) is 0 Å². The molecular formula is C17H22O4S. The summed E-state index contributed by atoms with van der Waals surface area (Å²) in [7, 11) is 3.23. The van der Waals surface area contributed by atoms with Crippen LogP contribution in [0.15, 0.2) is 29.6 Å². The van der Waals surface area contributed by atoms with Gasteiger partial charge in [-0.25, -0.2) is 0 Å². The molecule has 1 N–H and O–H groups in total. The Kier molecular flexibility index (Phi) is 6.10. The van der Waals surface area contributed by atoms with Crippen LogP contribution in [-0.4, -0.2) is 25.9 Å². The summed E-state index contributed by atoms with van der Waals surface area (Å²) in [6.07, 6.45) is 0.947. The first kappa shape index (κ1) is 16.6. The van der Waals surface area contributed by atoms with Crippen LogP contribution in [-0.2, 0) is 6.42 Å². The fourth-order valence-electron chi connectivity index (χ4n) is 2.29. The lowest BCUT2D eigenvalue weighted by Crippen LogP contribution is -2.02. The van der Waals surface area contributed by atoms with Crippen molar-refractivity contribution in [2.45, 2.75) is 25.9 Å². The number of methoxy groups -OCH3 is 2. The van der Waals surface area contributed by atoms with Gasteiger partial charge in [0.1, 0.15) is 0 Å². The van der Waals surface area contributed by atoms with Gasteiger partial charge in [-0.05, 0) is 48.9 Å². The molecule has 0 fully saturated rings. The first-order valence-corrected chi connectivity index (χ1v) is 8.16. The van der Waals surface area contributed by atoms with Crippen molar-refractivity contribution in [3.05, 3.63) is 40.1 Å². The second kappa shape index (κ2) is 8.06. The fraction of sp³-hybridized carbons (Fsp3) is 0.412. The zero-order valence-corrected chi connectivity index (χ0v) is 14.0. The molecule has 0 saturated heterocycles. The van der Waals surface area contributed by atoms with Crippen molar-refractivity contribution in [2.24, 2.45) is 0 Å². The maximum absolute atomic E-state index is 10.2. The topological polar surface area (TPSA) is 47.9 Å². The van der Waals surface area contributed by atoms with Gasteiger partial charge in [0.15, 0.2) is 11.5 Å². The minimum Gasteiger partial charge on any atom is -0.493 e. The molecule has 4 nitrogen and oxygen atoms in total. The molecule has 0 aliphatic rings. The number of thiophene rings is 1. The highest BCUT2D eigenvalue weighted by atomic mass is 32.1. The maximum atomic E-state index is 10.2.